The highest BCUT2D eigenvalue weighted by Gasteiger charge is 2.18. The van der Waals surface area contributed by atoms with Gasteiger partial charge in [0.15, 0.2) is 11.6 Å². The number of hydrogen-bond donors (Lipinski definition) is 2. The van der Waals surface area contributed by atoms with E-state index in [2.05, 4.69) is 31.3 Å². The first-order valence-electron chi connectivity index (χ1n) is 6.21. The van der Waals surface area contributed by atoms with Gasteiger partial charge in [-0.15, -0.1) is 11.3 Å². The van der Waals surface area contributed by atoms with Crippen LogP contribution in [-0.4, -0.2) is 9.97 Å². The molecule has 21 heavy (non-hydrogen) atoms. The number of halogens is 2. The van der Waals surface area contributed by atoms with Gasteiger partial charge in [0.05, 0.1) is 10.9 Å². The molecule has 2 heterocycles. The van der Waals surface area contributed by atoms with Crippen molar-refractivity contribution in [2.75, 3.05) is 5.43 Å². The molecule has 0 fully saturated rings. The molecule has 0 atom stereocenters. The molecule has 0 radical (unpaired) electrons. The maximum atomic E-state index is 14.1. The number of hydrogen-bond acceptors (Lipinski definition) is 5. The standard InChI is InChI=1S/C14H12BrFN4S/c1-6-7(2)21-14-10(6)13(20-17)18-12(19-14)11-8(15)4-3-5-9(11)16/h3-5H,17H2,1-2H3,(H,18,19,20). The molecule has 3 N–H and O–H groups in total. The summed E-state index contributed by atoms with van der Waals surface area (Å²) < 4.78 is 14.7. The molecule has 0 bridgehead atoms. The molecule has 0 unspecified atom stereocenters. The van der Waals surface area contributed by atoms with Crippen LogP contribution in [0.3, 0.4) is 0 Å². The van der Waals surface area contributed by atoms with Gasteiger partial charge in [-0.05, 0) is 47.5 Å². The molecule has 1 aromatic carbocycles. The fourth-order valence-corrected chi connectivity index (χ4v) is 3.73. The smallest absolute Gasteiger partial charge is 0.167 e. The lowest BCUT2D eigenvalue weighted by atomic mass is 10.1. The van der Waals surface area contributed by atoms with E-state index in [1.165, 1.54) is 6.07 Å². The number of nitrogens with one attached hydrogen (secondary N) is 1. The van der Waals surface area contributed by atoms with Crippen LogP contribution in [0.2, 0.25) is 0 Å². The van der Waals surface area contributed by atoms with Crippen molar-refractivity contribution in [3.05, 3.63) is 38.9 Å². The number of benzene rings is 1. The van der Waals surface area contributed by atoms with Crippen molar-refractivity contribution < 1.29 is 4.39 Å². The summed E-state index contributed by atoms with van der Waals surface area (Å²) in [5, 5.41) is 0.885. The Morgan fingerprint density at radius 2 is 2.05 bits per heavy atom. The number of aryl methyl sites for hydroxylation is 2. The van der Waals surface area contributed by atoms with Crippen molar-refractivity contribution in [3.63, 3.8) is 0 Å². The predicted octanol–water partition coefficient (Wildman–Crippen LogP) is 4.16. The summed E-state index contributed by atoms with van der Waals surface area (Å²) in [4.78, 5) is 10.8. The first kappa shape index (κ1) is 14.4. The average molecular weight is 367 g/mol. The molecular weight excluding hydrogens is 355 g/mol. The number of nitrogens with two attached hydrogens (primary N) is 1. The van der Waals surface area contributed by atoms with E-state index in [1.54, 1.807) is 23.5 Å². The van der Waals surface area contributed by atoms with Crippen LogP contribution >= 0.6 is 27.3 Å². The van der Waals surface area contributed by atoms with E-state index < -0.39 is 0 Å². The molecule has 3 rings (SSSR count). The zero-order valence-electron chi connectivity index (χ0n) is 11.4. The van der Waals surface area contributed by atoms with Crippen LogP contribution in [0, 0.1) is 19.7 Å². The van der Waals surface area contributed by atoms with Gasteiger partial charge in [0.1, 0.15) is 10.6 Å². The first-order chi connectivity index (χ1) is 10.0. The number of nitrogens with zero attached hydrogens (tertiary/aromatic N) is 2. The van der Waals surface area contributed by atoms with Crippen molar-refractivity contribution in [1.29, 1.82) is 0 Å². The Morgan fingerprint density at radius 1 is 1.29 bits per heavy atom. The first-order valence-corrected chi connectivity index (χ1v) is 7.82. The highest BCUT2D eigenvalue weighted by Crippen LogP contribution is 2.36. The van der Waals surface area contributed by atoms with Crippen molar-refractivity contribution in [3.8, 4) is 11.4 Å². The summed E-state index contributed by atoms with van der Waals surface area (Å²) in [5.74, 6) is 6.01. The molecule has 108 valence electrons. The highest BCUT2D eigenvalue weighted by molar-refractivity contribution is 9.10. The van der Waals surface area contributed by atoms with Crippen LogP contribution in [0.1, 0.15) is 10.4 Å². The minimum atomic E-state index is -0.378. The third kappa shape index (κ3) is 2.31. The third-order valence-electron chi connectivity index (χ3n) is 3.35. The fraction of sp³-hybridized carbons (Fsp3) is 0.143. The number of thiophene rings is 1. The lowest BCUT2D eigenvalue weighted by Gasteiger charge is -2.08. The van der Waals surface area contributed by atoms with E-state index in [9.17, 15) is 4.39 Å². The molecule has 0 amide bonds. The Hall–Kier alpha value is -1.57. The maximum absolute atomic E-state index is 14.1. The second-order valence-electron chi connectivity index (χ2n) is 4.60. The summed E-state index contributed by atoms with van der Waals surface area (Å²) in [7, 11) is 0. The number of aromatic nitrogens is 2. The Kier molecular flexibility index (Phi) is 3.64. The lowest BCUT2D eigenvalue weighted by molar-refractivity contribution is 0.629. The Labute approximate surface area is 133 Å². The number of fused-ring (bicyclic) bond motifs is 1. The van der Waals surface area contributed by atoms with Gasteiger partial charge in [0.2, 0.25) is 0 Å². The number of hydrazine groups is 1. The molecule has 0 aliphatic heterocycles. The van der Waals surface area contributed by atoms with Gasteiger partial charge in [-0.2, -0.15) is 0 Å². The van der Waals surface area contributed by atoms with Crippen LogP contribution in [0.25, 0.3) is 21.6 Å². The van der Waals surface area contributed by atoms with Gasteiger partial charge in [-0.25, -0.2) is 20.2 Å². The normalized spacial score (nSPS) is 11.1. The summed E-state index contributed by atoms with van der Waals surface area (Å²) in [6.45, 7) is 4.01. The Morgan fingerprint density at radius 3 is 2.71 bits per heavy atom. The van der Waals surface area contributed by atoms with Crippen LogP contribution in [0.15, 0.2) is 22.7 Å². The van der Waals surface area contributed by atoms with Crippen LogP contribution in [0.4, 0.5) is 10.2 Å². The third-order valence-corrected chi connectivity index (χ3v) is 5.11. The van der Waals surface area contributed by atoms with Crippen molar-refractivity contribution in [2.45, 2.75) is 13.8 Å². The number of rotatable bonds is 2. The van der Waals surface area contributed by atoms with Crippen LogP contribution in [0.5, 0.6) is 0 Å². The number of nitrogen functional groups attached to an aromatic ring is 1. The quantitative estimate of drug-likeness (QED) is 0.527. The number of anilines is 1. The minimum absolute atomic E-state index is 0.307. The second kappa shape index (κ2) is 5.32. The topological polar surface area (TPSA) is 63.8 Å². The zero-order chi connectivity index (χ0) is 15.1. The molecule has 4 nitrogen and oxygen atoms in total. The predicted molar refractivity (Wildman–Crippen MR) is 87.8 cm³/mol. The van der Waals surface area contributed by atoms with E-state index in [0.29, 0.717) is 21.7 Å². The lowest BCUT2D eigenvalue weighted by Crippen LogP contribution is -2.10. The Balaban J connectivity index is 2.35. The monoisotopic (exact) mass is 366 g/mol. The van der Waals surface area contributed by atoms with Gasteiger partial charge < -0.3 is 5.43 Å². The molecule has 0 aliphatic rings. The SMILES string of the molecule is Cc1sc2nc(-c3c(F)cccc3Br)nc(NN)c2c1C. The van der Waals surface area contributed by atoms with E-state index in [1.807, 2.05) is 13.8 Å². The van der Waals surface area contributed by atoms with Gasteiger partial charge in [-0.1, -0.05) is 6.07 Å². The van der Waals surface area contributed by atoms with Crippen molar-refractivity contribution in [2.24, 2.45) is 5.84 Å². The van der Waals surface area contributed by atoms with Gasteiger partial charge in [-0.3, -0.25) is 0 Å². The van der Waals surface area contributed by atoms with Gasteiger partial charge in [0, 0.05) is 9.35 Å². The Bertz CT molecular complexity index is 826. The van der Waals surface area contributed by atoms with Crippen LogP contribution < -0.4 is 11.3 Å². The molecule has 7 heteroatoms. The summed E-state index contributed by atoms with van der Waals surface area (Å²) in [6, 6.07) is 4.77. The van der Waals surface area contributed by atoms with E-state index in [4.69, 9.17) is 5.84 Å². The molecule has 0 spiro atoms. The molecule has 2 aromatic heterocycles. The summed E-state index contributed by atoms with van der Waals surface area (Å²) in [6.07, 6.45) is 0. The van der Waals surface area contributed by atoms with Crippen molar-refractivity contribution in [1.82, 2.24) is 9.97 Å². The van der Waals surface area contributed by atoms with Crippen LogP contribution in [-0.2, 0) is 0 Å². The largest absolute Gasteiger partial charge is 0.308 e. The van der Waals surface area contributed by atoms with E-state index >= 15 is 0 Å². The summed E-state index contributed by atoms with van der Waals surface area (Å²) >= 11 is 4.89. The highest BCUT2D eigenvalue weighted by atomic mass is 79.9. The van der Waals surface area contributed by atoms with E-state index in [0.717, 1.165) is 20.7 Å². The molecular formula is C14H12BrFN4S. The van der Waals surface area contributed by atoms with E-state index in [-0.39, 0.29) is 5.82 Å². The molecule has 0 saturated carbocycles. The minimum Gasteiger partial charge on any atom is -0.308 e. The molecule has 3 aromatic rings. The zero-order valence-corrected chi connectivity index (χ0v) is 13.8. The average Bonchev–Trinajstić information content (AvgIpc) is 2.73. The van der Waals surface area contributed by atoms with Gasteiger partial charge >= 0.3 is 0 Å². The van der Waals surface area contributed by atoms with Crippen molar-refractivity contribution >= 4 is 43.3 Å². The van der Waals surface area contributed by atoms with Gasteiger partial charge in [0.25, 0.3) is 0 Å². The fourth-order valence-electron chi connectivity index (χ4n) is 2.18. The summed E-state index contributed by atoms with van der Waals surface area (Å²) in [5.41, 5.74) is 4.01. The molecule has 0 saturated heterocycles. The second-order valence-corrected chi connectivity index (χ2v) is 6.66. The maximum Gasteiger partial charge on any atom is 0.167 e. The molecule has 0 aliphatic carbocycles.